The number of nitrogen functional groups attached to an aromatic ring is 1. The molecule has 0 unspecified atom stereocenters. The first-order chi connectivity index (χ1) is 8.02. The number of rotatable bonds is 6. The zero-order valence-electron chi connectivity index (χ0n) is 11.4. The molecular formula is C14H24N2O. The van der Waals surface area contributed by atoms with Gasteiger partial charge in [0.1, 0.15) is 5.75 Å². The van der Waals surface area contributed by atoms with Crippen LogP contribution in [0.1, 0.15) is 25.8 Å². The third-order valence-corrected chi connectivity index (χ3v) is 2.83. The minimum Gasteiger partial charge on any atom is -0.495 e. The van der Waals surface area contributed by atoms with Crippen LogP contribution in [0.3, 0.4) is 0 Å². The van der Waals surface area contributed by atoms with Gasteiger partial charge in [0.05, 0.1) is 12.8 Å². The first-order valence-corrected chi connectivity index (χ1v) is 6.14. The molecule has 3 nitrogen and oxygen atoms in total. The molecule has 0 aliphatic rings. The lowest BCUT2D eigenvalue weighted by molar-refractivity contribution is 0.303. The van der Waals surface area contributed by atoms with Crippen LogP contribution >= 0.6 is 0 Å². The van der Waals surface area contributed by atoms with Gasteiger partial charge in [-0.1, -0.05) is 19.9 Å². The van der Waals surface area contributed by atoms with Crippen molar-refractivity contribution in [1.29, 1.82) is 0 Å². The fraction of sp³-hybridized carbons (Fsp3) is 0.571. The van der Waals surface area contributed by atoms with Crippen molar-refractivity contribution in [2.75, 3.05) is 26.4 Å². The van der Waals surface area contributed by atoms with E-state index in [4.69, 9.17) is 10.5 Å². The second-order valence-electron chi connectivity index (χ2n) is 5.00. The number of nitrogens with zero attached hydrogens (tertiary/aromatic N) is 1. The standard InChI is InChI=1S/C14H24N2O/c1-11(2)7-8-16(3)10-12-5-6-14(17-4)13(15)9-12/h5-6,9,11H,7-8,10,15H2,1-4H3. The van der Waals surface area contributed by atoms with Gasteiger partial charge in [-0.3, -0.25) is 0 Å². The second kappa shape index (κ2) is 6.50. The molecule has 1 aromatic carbocycles. The highest BCUT2D eigenvalue weighted by Gasteiger charge is 2.04. The monoisotopic (exact) mass is 236 g/mol. The van der Waals surface area contributed by atoms with Gasteiger partial charge < -0.3 is 15.4 Å². The van der Waals surface area contributed by atoms with Gasteiger partial charge in [-0.05, 0) is 43.6 Å². The topological polar surface area (TPSA) is 38.5 Å². The molecule has 0 bridgehead atoms. The molecule has 17 heavy (non-hydrogen) atoms. The smallest absolute Gasteiger partial charge is 0.141 e. The van der Waals surface area contributed by atoms with Crippen LogP contribution in [-0.2, 0) is 6.54 Å². The minimum atomic E-state index is 0.710. The van der Waals surface area contributed by atoms with E-state index in [1.807, 2.05) is 12.1 Å². The summed E-state index contributed by atoms with van der Waals surface area (Å²) in [5.74, 6) is 1.50. The van der Waals surface area contributed by atoms with Gasteiger partial charge in [-0.15, -0.1) is 0 Å². The zero-order valence-corrected chi connectivity index (χ0v) is 11.4. The Kier molecular flexibility index (Phi) is 5.29. The lowest BCUT2D eigenvalue weighted by Crippen LogP contribution is -2.20. The second-order valence-corrected chi connectivity index (χ2v) is 5.00. The number of benzene rings is 1. The average Bonchev–Trinajstić information content (AvgIpc) is 2.26. The van der Waals surface area contributed by atoms with E-state index in [-0.39, 0.29) is 0 Å². The Hall–Kier alpha value is -1.22. The summed E-state index contributed by atoms with van der Waals surface area (Å²) in [7, 11) is 3.78. The number of hydrogen-bond donors (Lipinski definition) is 1. The molecule has 1 aromatic rings. The van der Waals surface area contributed by atoms with Crippen LogP contribution in [0.25, 0.3) is 0 Å². The zero-order chi connectivity index (χ0) is 12.8. The maximum Gasteiger partial charge on any atom is 0.141 e. The molecular weight excluding hydrogens is 212 g/mol. The molecule has 1 rings (SSSR count). The van der Waals surface area contributed by atoms with E-state index in [9.17, 15) is 0 Å². The quantitative estimate of drug-likeness (QED) is 0.772. The van der Waals surface area contributed by atoms with E-state index in [0.717, 1.165) is 24.8 Å². The molecule has 0 radical (unpaired) electrons. The molecule has 0 spiro atoms. The van der Waals surface area contributed by atoms with E-state index < -0.39 is 0 Å². The third kappa shape index (κ3) is 4.65. The summed E-state index contributed by atoms with van der Waals surface area (Å²) in [6.07, 6.45) is 1.22. The van der Waals surface area contributed by atoms with Crippen LogP contribution in [0.2, 0.25) is 0 Å². The Labute approximate surface area is 105 Å². The molecule has 0 aliphatic heterocycles. The van der Waals surface area contributed by atoms with E-state index >= 15 is 0 Å². The van der Waals surface area contributed by atoms with Crippen molar-refractivity contribution >= 4 is 5.69 Å². The van der Waals surface area contributed by atoms with Gasteiger partial charge in [0.2, 0.25) is 0 Å². The Balaban J connectivity index is 2.53. The third-order valence-electron chi connectivity index (χ3n) is 2.83. The van der Waals surface area contributed by atoms with Crippen LogP contribution in [0.15, 0.2) is 18.2 Å². The molecule has 0 aliphatic carbocycles. The number of anilines is 1. The summed E-state index contributed by atoms with van der Waals surface area (Å²) in [6.45, 7) is 6.54. The van der Waals surface area contributed by atoms with E-state index in [1.54, 1.807) is 7.11 Å². The van der Waals surface area contributed by atoms with Crippen LogP contribution in [-0.4, -0.2) is 25.6 Å². The minimum absolute atomic E-state index is 0.710. The highest BCUT2D eigenvalue weighted by atomic mass is 16.5. The molecule has 0 fully saturated rings. The predicted octanol–water partition coefficient (Wildman–Crippen LogP) is 2.76. The summed E-state index contributed by atoms with van der Waals surface area (Å²) >= 11 is 0. The SMILES string of the molecule is COc1ccc(CN(C)CCC(C)C)cc1N. The fourth-order valence-corrected chi connectivity index (χ4v) is 1.75. The number of hydrogen-bond acceptors (Lipinski definition) is 3. The van der Waals surface area contributed by atoms with Crippen LogP contribution in [0, 0.1) is 5.92 Å². The van der Waals surface area contributed by atoms with Crippen LogP contribution in [0.5, 0.6) is 5.75 Å². The van der Waals surface area contributed by atoms with Gasteiger partial charge in [-0.2, -0.15) is 0 Å². The maximum atomic E-state index is 5.89. The van der Waals surface area contributed by atoms with Crippen molar-refractivity contribution in [3.05, 3.63) is 23.8 Å². The van der Waals surface area contributed by atoms with Gasteiger partial charge in [0.15, 0.2) is 0 Å². The van der Waals surface area contributed by atoms with Crippen molar-refractivity contribution in [3.63, 3.8) is 0 Å². The van der Waals surface area contributed by atoms with E-state index in [2.05, 4.69) is 31.9 Å². The Morgan fingerprint density at radius 1 is 1.35 bits per heavy atom. The van der Waals surface area contributed by atoms with Crippen molar-refractivity contribution < 1.29 is 4.74 Å². The Morgan fingerprint density at radius 2 is 2.06 bits per heavy atom. The first kappa shape index (κ1) is 13.8. The summed E-state index contributed by atoms with van der Waals surface area (Å²) in [5.41, 5.74) is 7.83. The lowest BCUT2D eigenvalue weighted by Gasteiger charge is -2.18. The molecule has 0 saturated heterocycles. The van der Waals surface area contributed by atoms with Crippen molar-refractivity contribution in [2.24, 2.45) is 5.92 Å². The number of nitrogens with two attached hydrogens (primary N) is 1. The molecule has 0 amide bonds. The van der Waals surface area contributed by atoms with Gasteiger partial charge >= 0.3 is 0 Å². The summed E-state index contributed by atoms with van der Waals surface area (Å²) in [5, 5.41) is 0. The Bertz CT molecular complexity index is 350. The number of methoxy groups -OCH3 is 1. The van der Waals surface area contributed by atoms with Crippen molar-refractivity contribution in [1.82, 2.24) is 4.90 Å². The lowest BCUT2D eigenvalue weighted by atomic mass is 10.1. The molecule has 96 valence electrons. The van der Waals surface area contributed by atoms with Gasteiger partial charge in [-0.25, -0.2) is 0 Å². The molecule has 0 aromatic heterocycles. The van der Waals surface area contributed by atoms with E-state index in [1.165, 1.54) is 12.0 Å². The first-order valence-electron chi connectivity index (χ1n) is 6.14. The summed E-state index contributed by atoms with van der Waals surface area (Å²) < 4.78 is 5.15. The molecule has 0 heterocycles. The highest BCUT2D eigenvalue weighted by molar-refractivity contribution is 5.54. The van der Waals surface area contributed by atoms with Crippen LogP contribution in [0.4, 0.5) is 5.69 Å². The molecule has 2 N–H and O–H groups in total. The normalized spacial score (nSPS) is 11.2. The van der Waals surface area contributed by atoms with Crippen molar-refractivity contribution in [2.45, 2.75) is 26.8 Å². The molecule has 3 heteroatoms. The van der Waals surface area contributed by atoms with E-state index in [0.29, 0.717) is 5.69 Å². The number of ether oxygens (including phenoxy) is 1. The Morgan fingerprint density at radius 3 is 2.59 bits per heavy atom. The van der Waals surface area contributed by atoms with Gasteiger partial charge in [0, 0.05) is 6.54 Å². The van der Waals surface area contributed by atoms with Crippen LogP contribution < -0.4 is 10.5 Å². The predicted molar refractivity (Wildman–Crippen MR) is 73.2 cm³/mol. The molecule has 0 atom stereocenters. The van der Waals surface area contributed by atoms with Crippen molar-refractivity contribution in [3.8, 4) is 5.75 Å². The van der Waals surface area contributed by atoms with Gasteiger partial charge in [0.25, 0.3) is 0 Å². The summed E-state index contributed by atoms with van der Waals surface area (Å²) in [6, 6.07) is 5.99. The average molecular weight is 236 g/mol. The maximum absolute atomic E-state index is 5.89. The largest absolute Gasteiger partial charge is 0.495 e. The highest BCUT2D eigenvalue weighted by Crippen LogP contribution is 2.22. The summed E-state index contributed by atoms with van der Waals surface area (Å²) in [4.78, 5) is 2.32. The molecule has 0 saturated carbocycles. The fourth-order valence-electron chi connectivity index (χ4n) is 1.75.